The molecule has 1 aromatic rings. The van der Waals surface area contributed by atoms with Crippen LogP contribution in [0.15, 0.2) is 23.1 Å². The summed E-state index contributed by atoms with van der Waals surface area (Å²) in [6.45, 7) is 0. The van der Waals surface area contributed by atoms with Crippen molar-refractivity contribution in [2.24, 2.45) is 0 Å². The van der Waals surface area contributed by atoms with Crippen LogP contribution in [0.5, 0.6) is 0 Å². The predicted octanol–water partition coefficient (Wildman–Crippen LogP) is 3.65. The lowest BCUT2D eigenvalue weighted by Crippen LogP contribution is -2.05. The molecular formula is C11H12BrClOS. The van der Waals surface area contributed by atoms with Crippen LogP contribution in [0.3, 0.4) is 0 Å². The Morgan fingerprint density at radius 3 is 2.80 bits per heavy atom. The van der Waals surface area contributed by atoms with Gasteiger partial charge in [-0.2, -0.15) is 0 Å². The van der Waals surface area contributed by atoms with E-state index >= 15 is 0 Å². The molecule has 0 aliphatic carbocycles. The molecule has 1 aromatic carbocycles. The third-order valence-electron chi connectivity index (χ3n) is 2.04. The maximum atomic E-state index is 11.3. The van der Waals surface area contributed by atoms with Gasteiger partial charge in [0.1, 0.15) is 0 Å². The van der Waals surface area contributed by atoms with Gasteiger partial charge in [-0.1, -0.05) is 28.1 Å². The second-order valence-electron chi connectivity index (χ2n) is 3.13. The standard InChI is InChI=1S/C11H12BrClOS/c1-15-11-3-2-8(6-12)4-9(11)5-10(14)7-13/h2-4H,5-7H2,1H3. The first-order valence-electron chi connectivity index (χ1n) is 4.50. The van der Waals surface area contributed by atoms with Crippen molar-refractivity contribution in [1.82, 2.24) is 0 Å². The van der Waals surface area contributed by atoms with Gasteiger partial charge in [-0.3, -0.25) is 4.79 Å². The van der Waals surface area contributed by atoms with Crippen LogP contribution in [0, 0.1) is 0 Å². The number of thioether (sulfide) groups is 1. The normalized spacial score (nSPS) is 10.3. The van der Waals surface area contributed by atoms with Gasteiger partial charge in [0.25, 0.3) is 0 Å². The molecule has 0 heterocycles. The molecule has 15 heavy (non-hydrogen) atoms. The number of ketones is 1. The van der Waals surface area contributed by atoms with Gasteiger partial charge < -0.3 is 0 Å². The van der Waals surface area contributed by atoms with Gasteiger partial charge in [-0.25, -0.2) is 0 Å². The van der Waals surface area contributed by atoms with Crippen LogP contribution in [0.4, 0.5) is 0 Å². The van der Waals surface area contributed by atoms with Gasteiger partial charge >= 0.3 is 0 Å². The Balaban J connectivity index is 2.95. The fourth-order valence-corrected chi connectivity index (χ4v) is 2.35. The molecule has 0 atom stereocenters. The van der Waals surface area contributed by atoms with Crippen molar-refractivity contribution in [2.45, 2.75) is 16.6 Å². The zero-order valence-corrected chi connectivity index (χ0v) is 11.6. The summed E-state index contributed by atoms with van der Waals surface area (Å²) in [7, 11) is 0. The van der Waals surface area contributed by atoms with E-state index in [0.717, 1.165) is 15.8 Å². The van der Waals surface area contributed by atoms with Crippen molar-refractivity contribution in [3.8, 4) is 0 Å². The number of rotatable bonds is 5. The Hall–Kier alpha value is 0.01000. The van der Waals surface area contributed by atoms with Gasteiger partial charge in [0.2, 0.25) is 0 Å². The zero-order valence-electron chi connectivity index (χ0n) is 8.43. The van der Waals surface area contributed by atoms with Crippen LogP contribution in [-0.2, 0) is 16.5 Å². The fourth-order valence-electron chi connectivity index (χ4n) is 1.31. The molecule has 0 bridgehead atoms. The molecule has 0 fully saturated rings. The summed E-state index contributed by atoms with van der Waals surface area (Å²) in [5.41, 5.74) is 2.26. The third-order valence-corrected chi connectivity index (χ3v) is 3.82. The average molecular weight is 308 g/mol. The van der Waals surface area contributed by atoms with Crippen LogP contribution in [0.25, 0.3) is 0 Å². The van der Waals surface area contributed by atoms with Gasteiger partial charge in [0.05, 0.1) is 5.88 Å². The molecule has 1 nitrogen and oxygen atoms in total. The van der Waals surface area contributed by atoms with E-state index in [9.17, 15) is 4.79 Å². The molecule has 0 amide bonds. The second kappa shape index (κ2) is 6.56. The molecule has 1 rings (SSSR count). The summed E-state index contributed by atoms with van der Waals surface area (Å²) < 4.78 is 0. The van der Waals surface area contributed by atoms with E-state index in [0.29, 0.717) is 6.42 Å². The van der Waals surface area contributed by atoms with Crippen molar-refractivity contribution in [3.63, 3.8) is 0 Å². The van der Waals surface area contributed by atoms with Crippen LogP contribution in [0.2, 0.25) is 0 Å². The molecule has 0 unspecified atom stereocenters. The van der Waals surface area contributed by atoms with Crippen LogP contribution in [-0.4, -0.2) is 17.9 Å². The number of carbonyl (C=O) groups excluding carboxylic acids is 1. The summed E-state index contributed by atoms with van der Waals surface area (Å²) in [5, 5.41) is 0.809. The minimum atomic E-state index is 0.0682. The van der Waals surface area contributed by atoms with Gasteiger partial charge in [-0.05, 0) is 23.4 Å². The highest BCUT2D eigenvalue weighted by atomic mass is 79.9. The largest absolute Gasteiger partial charge is 0.298 e. The highest BCUT2D eigenvalue weighted by molar-refractivity contribution is 9.08. The van der Waals surface area contributed by atoms with E-state index in [1.54, 1.807) is 11.8 Å². The molecule has 0 saturated heterocycles. The van der Waals surface area contributed by atoms with Gasteiger partial charge in [0.15, 0.2) is 5.78 Å². The minimum absolute atomic E-state index is 0.0682. The maximum Gasteiger partial charge on any atom is 0.151 e. The Morgan fingerprint density at radius 1 is 1.53 bits per heavy atom. The number of carbonyl (C=O) groups is 1. The lowest BCUT2D eigenvalue weighted by molar-refractivity contribution is -0.116. The van der Waals surface area contributed by atoms with E-state index < -0.39 is 0 Å². The quantitative estimate of drug-likeness (QED) is 0.610. The van der Waals surface area contributed by atoms with E-state index in [2.05, 4.69) is 34.1 Å². The first-order valence-corrected chi connectivity index (χ1v) is 7.38. The molecule has 0 saturated carbocycles. The van der Waals surface area contributed by atoms with Crippen molar-refractivity contribution >= 4 is 45.1 Å². The topological polar surface area (TPSA) is 17.1 Å². The Bertz CT molecular complexity index is 354. The second-order valence-corrected chi connectivity index (χ2v) is 4.80. The number of benzene rings is 1. The molecule has 0 spiro atoms. The Labute approximate surface area is 108 Å². The molecule has 4 heteroatoms. The van der Waals surface area contributed by atoms with E-state index in [4.69, 9.17) is 11.6 Å². The smallest absolute Gasteiger partial charge is 0.151 e. The van der Waals surface area contributed by atoms with Crippen molar-refractivity contribution in [2.75, 3.05) is 12.1 Å². The van der Waals surface area contributed by atoms with Crippen LogP contribution < -0.4 is 0 Å². The lowest BCUT2D eigenvalue weighted by Gasteiger charge is -2.07. The van der Waals surface area contributed by atoms with Gasteiger partial charge in [0, 0.05) is 16.6 Å². The van der Waals surface area contributed by atoms with Crippen LogP contribution in [0.1, 0.15) is 11.1 Å². The van der Waals surface area contributed by atoms with Crippen LogP contribution >= 0.6 is 39.3 Å². The lowest BCUT2D eigenvalue weighted by atomic mass is 10.1. The highest BCUT2D eigenvalue weighted by Crippen LogP contribution is 2.23. The first kappa shape index (κ1) is 13.1. The first-order chi connectivity index (χ1) is 7.21. The summed E-state index contributed by atoms with van der Waals surface area (Å²) in [4.78, 5) is 12.4. The molecule has 0 N–H and O–H groups in total. The van der Waals surface area contributed by atoms with E-state index in [-0.39, 0.29) is 11.7 Å². The van der Waals surface area contributed by atoms with Crippen molar-refractivity contribution in [3.05, 3.63) is 29.3 Å². The molecule has 0 aliphatic heterocycles. The number of alkyl halides is 2. The van der Waals surface area contributed by atoms with E-state index in [1.165, 1.54) is 5.56 Å². The summed E-state index contributed by atoms with van der Waals surface area (Å²) in [6, 6.07) is 6.18. The minimum Gasteiger partial charge on any atom is -0.298 e. The summed E-state index contributed by atoms with van der Waals surface area (Å²) in [5.74, 6) is 0.158. The monoisotopic (exact) mass is 306 g/mol. The Kier molecular flexibility index (Phi) is 5.72. The SMILES string of the molecule is CSc1ccc(CBr)cc1CC(=O)CCl. The van der Waals surface area contributed by atoms with Crippen molar-refractivity contribution in [1.29, 1.82) is 0 Å². The number of hydrogen-bond donors (Lipinski definition) is 0. The molecule has 0 aromatic heterocycles. The van der Waals surface area contributed by atoms with E-state index in [1.807, 2.05) is 6.26 Å². The number of halogens is 2. The van der Waals surface area contributed by atoms with Crippen molar-refractivity contribution < 1.29 is 4.79 Å². The molecular weight excluding hydrogens is 296 g/mol. The zero-order chi connectivity index (χ0) is 11.3. The highest BCUT2D eigenvalue weighted by Gasteiger charge is 2.07. The molecule has 0 radical (unpaired) electrons. The summed E-state index contributed by atoms with van der Waals surface area (Å²) >= 11 is 10.6. The average Bonchev–Trinajstić information content (AvgIpc) is 2.28. The van der Waals surface area contributed by atoms with Gasteiger partial charge in [-0.15, -0.1) is 23.4 Å². The molecule has 0 aliphatic rings. The molecule has 82 valence electrons. The fraction of sp³-hybridized carbons (Fsp3) is 0.364. The number of hydrogen-bond acceptors (Lipinski definition) is 2. The maximum absolute atomic E-state index is 11.3. The third kappa shape index (κ3) is 3.82. The number of Topliss-reactive ketones (excluding diaryl/α,β-unsaturated/α-hetero) is 1. The predicted molar refractivity (Wildman–Crippen MR) is 70.3 cm³/mol. The summed E-state index contributed by atoms with van der Waals surface area (Å²) in [6.07, 6.45) is 2.44. The Morgan fingerprint density at radius 2 is 2.27 bits per heavy atom.